The zero-order valence-electron chi connectivity index (χ0n) is 7.33. The van der Waals surface area contributed by atoms with Crippen LogP contribution in [0.2, 0.25) is 17.4 Å². The second-order valence-electron chi connectivity index (χ2n) is 4.02. The van der Waals surface area contributed by atoms with E-state index in [0.717, 1.165) is 0 Å². The van der Waals surface area contributed by atoms with Crippen molar-refractivity contribution >= 4 is 21.2 Å². The van der Waals surface area contributed by atoms with Gasteiger partial charge < -0.3 is 0 Å². The van der Waals surface area contributed by atoms with Crippen molar-refractivity contribution in [3.63, 3.8) is 0 Å². The maximum atomic E-state index is 2.53. The monoisotopic (exact) mass is 324 g/mol. The third-order valence-electron chi connectivity index (χ3n) is 1.53. The first-order valence-electron chi connectivity index (χ1n) is 4.06. The van der Waals surface area contributed by atoms with Crippen LogP contribution in [0.15, 0.2) is 0 Å². The van der Waals surface area contributed by atoms with Crippen molar-refractivity contribution in [3.05, 3.63) is 0 Å². The van der Waals surface area contributed by atoms with Crippen molar-refractivity contribution in [2.75, 3.05) is 0 Å². The van der Waals surface area contributed by atoms with E-state index in [1.807, 2.05) is 0 Å². The fourth-order valence-corrected chi connectivity index (χ4v) is 6.00. The van der Waals surface area contributed by atoms with Gasteiger partial charge in [-0.3, -0.25) is 0 Å². The van der Waals surface area contributed by atoms with Gasteiger partial charge in [0.05, 0.1) is 0 Å². The summed E-state index contributed by atoms with van der Waals surface area (Å²) in [7, 11) is 0. The molecule has 0 N–H and O–H groups in total. The van der Waals surface area contributed by atoms with E-state index >= 15 is 0 Å². The third kappa shape index (κ3) is 8.92. The Morgan fingerprint density at radius 2 is 1.56 bits per heavy atom. The summed E-state index contributed by atoms with van der Waals surface area (Å²) in [5.41, 5.74) is 0. The van der Waals surface area contributed by atoms with Gasteiger partial charge in [0.2, 0.25) is 0 Å². The molecule has 0 radical (unpaired) electrons. The molecule has 1 heteroatoms. The molecule has 0 aromatic rings. The van der Waals surface area contributed by atoms with Crippen LogP contribution in [-0.4, -0.2) is 21.2 Å². The maximum absolute atomic E-state index is 2.53. The Hall–Kier alpha value is 0.922. The van der Waals surface area contributed by atoms with E-state index in [2.05, 4.69) is 20.4 Å². The summed E-state index contributed by atoms with van der Waals surface area (Å²) in [6.07, 6.45) is 4.34. The first kappa shape index (κ1) is 9.92. The molecule has 0 amide bonds. The topological polar surface area (TPSA) is 0 Å². The van der Waals surface area contributed by atoms with E-state index < -0.39 is 21.2 Å². The molecule has 0 aromatic carbocycles. The second-order valence-corrected chi connectivity index (χ2v) is 25.9. The van der Waals surface area contributed by atoms with E-state index in [9.17, 15) is 0 Å². The average Bonchev–Trinajstić information content (AvgIpc) is 1.63. The summed E-state index contributed by atoms with van der Waals surface area (Å²) in [4.78, 5) is 0. The van der Waals surface area contributed by atoms with Gasteiger partial charge in [-0.1, -0.05) is 0 Å². The van der Waals surface area contributed by atoms with E-state index in [1.54, 1.807) is 3.98 Å². The Labute approximate surface area is 64.7 Å². The molecule has 56 valence electrons. The minimum absolute atomic E-state index is 1.38. The van der Waals surface area contributed by atoms with Crippen LogP contribution < -0.4 is 0 Å². The van der Waals surface area contributed by atoms with Crippen LogP contribution >= 0.6 is 0 Å². The van der Waals surface area contributed by atoms with Crippen LogP contribution in [0.4, 0.5) is 0 Å². The molecule has 0 unspecified atom stereocenters. The van der Waals surface area contributed by atoms with Crippen molar-refractivity contribution in [1.82, 2.24) is 0 Å². The Morgan fingerprint density at radius 3 is 1.89 bits per heavy atom. The summed E-state index contributed by atoms with van der Waals surface area (Å²) in [5.74, 6) is 0. The predicted molar refractivity (Wildman–Crippen MR) is 47.7 cm³/mol. The second kappa shape index (κ2) is 4.69. The number of rotatable bonds is 4. The number of hydrogen-bond acceptors (Lipinski definition) is 0. The Balaban J connectivity index is 3.07. The molecular formula is C8H20Pb. The van der Waals surface area contributed by atoms with Crippen LogP contribution in [0.3, 0.4) is 0 Å². The molecule has 0 heterocycles. The van der Waals surface area contributed by atoms with Crippen molar-refractivity contribution in [2.24, 2.45) is 0 Å². The molecule has 0 aliphatic heterocycles. The van der Waals surface area contributed by atoms with E-state index in [4.69, 9.17) is 0 Å². The molecular weight excluding hydrogens is 303 g/mol. The third-order valence-corrected chi connectivity index (χ3v) is 8.74. The Kier molecular flexibility index (Phi) is 5.17. The summed E-state index contributed by atoms with van der Waals surface area (Å²) < 4.78 is 9.19. The standard InChI is InChI=1S/C5H11.3CH3.Pb/c1-3-5-4-2;;;;/h1,3-5H2,2H3;3*1H3;. The van der Waals surface area contributed by atoms with Crippen molar-refractivity contribution in [1.29, 1.82) is 0 Å². The van der Waals surface area contributed by atoms with Gasteiger partial charge in [-0.05, 0) is 0 Å². The fourth-order valence-electron chi connectivity index (χ4n) is 0.905. The summed E-state index contributed by atoms with van der Waals surface area (Å²) in [5, 5.41) is 0. The van der Waals surface area contributed by atoms with Gasteiger partial charge in [-0.25, -0.2) is 0 Å². The molecule has 0 fully saturated rings. The van der Waals surface area contributed by atoms with Gasteiger partial charge in [0.1, 0.15) is 0 Å². The molecule has 0 aromatic heterocycles. The Bertz CT molecular complexity index is 61.5. The van der Waals surface area contributed by atoms with Crippen molar-refractivity contribution in [2.45, 2.75) is 43.6 Å². The Morgan fingerprint density at radius 1 is 1.00 bits per heavy atom. The zero-order valence-corrected chi connectivity index (χ0v) is 11.2. The molecule has 0 rings (SSSR count). The SMILES string of the molecule is CCCC[CH2][Pb]([CH3])([CH3])[CH3]. The molecule has 9 heavy (non-hydrogen) atoms. The zero-order chi connectivity index (χ0) is 7.33. The molecule has 0 spiro atoms. The van der Waals surface area contributed by atoms with E-state index in [-0.39, 0.29) is 0 Å². The normalized spacial score (nSPS) is 12.0. The first-order chi connectivity index (χ1) is 4.06. The molecule has 0 saturated heterocycles. The van der Waals surface area contributed by atoms with Gasteiger partial charge in [-0.2, -0.15) is 0 Å². The summed E-state index contributed by atoms with van der Waals surface area (Å²) in [6, 6.07) is 0. The van der Waals surface area contributed by atoms with Gasteiger partial charge in [0, 0.05) is 0 Å². The van der Waals surface area contributed by atoms with E-state index in [0.29, 0.717) is 0 Å². The molecule has 0 aliphatic rings. The van der Waals surface area contributed by atoms with Crippen LogP contribution in [0.5, 0.6) is 0 Å². The average molecular weight is 323 g/mol. The summed E-state index contributed by atoms with van der Waals surface area (Å²) >= 11 is -1.44. The molecule has 0 nitrogen and oxygen atoms in total. The van der Waals surface area contributed by atoms with Crippen molar-refractivity contribution < 1.29 is 0 Å². The molecule has 0 aliphatic carbocycles. The van der Waals surface area contributed by atoms with Crippen molar-refractivity contribution in [3.8, 4) is 0 Å². The first-order valence-corrected chi connectivity index (χ1v) is 18.5. The van der Waals surface area contributed by atoms with Gasteiger partial charge in [-0.15, -0.1) is 0 Å². The van der Waals surface area contributed by atoms with Crippen LogP contribution in [0.25, 0.3) is 0 Å². The van der Waals surface area contributed by atoms with Gasteiger partial charge >= 0.3 is 64.8 Å². The minimum atomic E-state index is -1.44. The quantitative estimate of drug-likeness (QED) is 0.548. The summed E-state index contributed by atoms with van der Waals surface area (Å²) in [6.45, 7) is 2.28. The molecule has 0 atom stereocenters. The predicted octanol–water partition coefficient (Wildman–Crippen LogP) is 3.51. The number of unbranched alkanes of at least 4 members (excludes halogenated alkanes) is 2. The van der Waals surface area contributed by atoms with Gasteiger partial charge in [0.15, 0.2) is 0 Å². The van der Waals surface area contributed by atoms with Crippen LogP contribution in [-0.2, 0) is 0 Å². The molecule has 0 bridgehead atoms. The molecule has 0 saturated carbocycles. The van der Waals surface area contributed by atoms with Crippen LogP contribution in [0.1, 0.15) is 26.2 Å². The fraction of sp³-hybridized carbons (Fsp3) is 1.00. The van der Waals surface area contributed by atoms with Gasteiger partial charge in [0.25, 0.3) is 0 Å². The van der Waals surface area contributed by atoms with Crippen LogP contribution in [0, 0.1) is 0 Å². The van der Waals surface area contributed by atoms with E-state index in [1.165, 1.54) is 19.3 Å². The number of hydrogen-bond donors (Lipinski definition) is 0.